The Morgan fingerprint density at radius 3 is 2.22 bits per heavy atom. The number of hydrogen-bond donors (Lipinski definition) is 6. The largest absolute Gasteiger partial charge is 0.444 e. The third-order valence-electron chi connectivity index (χ3n) is 11.6. The van der Waals surface area contributed by atoms with Crippen LogP contribution in [0.4, 0.5) is 10.5 Å². The highest BCUT2D eigenvalue weighted by Gasteiger charge is 2.31. The molecule has 4 amide bonds. The summed E-state index contributed by atoms with van der Waals surface area (Å²) >= 11 is 0. The molecule has 6 N–H and O–H groups in total. The molecule has 2 aliphatic rings. The molecule has 13 heteroatoms. The quantitative estimate of drug-likeness (QED) is 0.0958. The van der Waals surface area contributed by atoms with E-state index >= 15 is 0 Å². The summed E-state index contributed by atoms with van der Waals surface area (Å²) in [5, 5.41) is 17.9. The van der Waals surface area contributed by atoms with Gasteiger partial charge in [0.1, 0.15) is 11.6 Å². The molecule has 13 nitrogen and oxygen atoms in total. The van der Waals surface area contributed by atoms with Crippen LogP contribution in [0.15, 0.2) is 65.5 Å². The lowest BCUT2D eigenvalue weighted by atomic mass is 9.81. The highest BCUT2D eigenvalue weighted by atomic mass is 16.6. The normalized spacial score (nSPS) is 20.3. The minimum atomic E-state index is -0.872. The van der Waals surface area contributed by atoms with Gasteiger partial charge >= 0.3 is 6.09 Å². The van der Waals surface area contributed by atoms with Crippen LogP contribution in [0, 0.1) is 18.8 Å². The number of ether oxygens (including phenoxy) is 1. The van der Waals surface area contributed by atoms with Crippen LogP contribution >= 0.6 is 0 Å². The Bertz CT molecular complexity index is 2130. The monoisotopic (exact) mass is 793 g/mol. The van der Waals surface area contributed by atoms with Crippen molar-refractivity contribution in [2.45, 2.75) is 109 Å². The molecule has 0 radical (unpaired) electrons. The maximum absolute atomic E-state index is 13.9. The Balaban J connectivity index is 1.09. The number of anilines is 1. The second kappa shape index (κ2) is 18.4. The third kappa shape index (κ3) is 11.1. The first-order valence-corrected chi connectivity index (χ1v) is 20.6. The van der Waals surface area contributed by atoms with Crippen molar-refractivity contribution >= 4 is 40.4 Å². The number of nitrogens with one attached hydrogen (secondary N) is 6. The van der Waals surface area contributed by atoms with Gasteiger partial charge in [0, 0.05) is 42.2 Å². The number of carbonyl (C=O) groups excluding carboxylic acids is 4. The molecular weight excluding hydrogens is 735 g/mol. The summed E-state index contributed by atoms with van der Waals surface area (Å²) in [6.45, 7) is 7.96. The van der Waals surface area contributed by atoms with Crippen LogP contribution in [-0.4, -0.2) is 83.3 Å². The van der Waals surface area contributed by atoms with Crippen LogP contribution < -0.4 is 26.8 Å². The van der Waals surface area contributed by atoms with Crippen molar-refractivity contribution < 1.29 is 23.9 Å². The molecule has 2 saturated carbocycles. The Morgan fingerprint density at radius 1 is 0.862 bits per heavy atom. The van der Waals surface area contributed by atoms with Crippen molar-refractivity contribution in [1.82, 2.24) is 31.0 Å². The van der Waals surface area contributed by atoms with Crippen molar-refractivity contribution in [3.8, 4) is 11.1 Å². The minimum Gasteiger partial charge on any atom is -0.444 e. The van der Waals surface area contributed by atoms with Gasteiger partial charge in [-0.1, -0.05) is 30.3 Å². The molecule has 1 atom stereocenters. The number of aromatic amines is 2. The number of alkyl carbamates (subject to hydrolysis) is 1. The first-order valence-electron chi connectivity index (χ1n) is 20.6. The Labute approximate surface area is 340 Å². The first kappa shape index (κ1) is 42.2. The van der Waals surface area contributed by atoms with E-state index < -0.39 is 17.7 Å². The summed E-state index contributed by atoms with van der Waals surface area (Å²) in [4.78, 5) is 67.2. The van der Waals surface area contributed by atoms with Crippen molar-refractivity contribution in [2.24, 2.45) is 11.8 Å². The molecule has 6 rings (SSSR count). The summed E-state index contributed by atoms with van der Waals surface area (Å²) in [7, 11) is 4.23. The molecule has 2 fully saturated rings. The van der Waals surface area contributed by atoms with Crippen molar-refractivity contribution in [1.29, 1.82) is 0 Å². The second-order valence-corrected chi connectivity index (χ2v) is 17.4. The van der Waals surface area contributed by atoms with Gasteiger partial charge in [0.2, 0.25) is 11.8 Å². The predicted octanol–water partition coefficient (Wildman–Crippen LogP) is 6.43. The molecule has 1 aromatic heterocycles. The number of hydrogen-bond acceptors (Lipinski definition) is 7. The lowest BCUT2D eigenvalue weighted by molar-refractivity contribution is -0.130. The molecule has 0 saturated heterocycles. The van der Waals surface area contributed by atoms with Gasteiger partial charge in [0.25, 0.3) is 11.5 Å². The zero-order chi connectivity index (χ0) is 41.6. The summed E-state index contributed by atoms with van der Waals surface area (Å²) in [6, 6.07) is 18.6. The third-order valence-corrected chi connectivity index (χ3v) is 11.6. The van der Waals surface area contributed by atoms with Gasteiger partial charge in [0.05, 0.1) is 10.9 Å². The molecule has 0 aliphatic heterocycles. The van der Waals surface area contributed by atoms with E-state index in [4.69, 9.17) is 4.74 Å². The van der Waals surface area contributed by atoms with Crippen molar-refractivity contribution in [3.05, 3.63) is 87.7 Å². The number of fused-ring (bicyclic) bond motifs is 1. The lowest BCUT2D eigenvalue weighted by Gasteiger charge is -2.33. The molecule has 1 heterocycles. The number of aromatic nitrogens is 2. The van der Waals surface area contributed by atoms with Crippen molar-refractivity contribution in [3.63, 3.8) is 0 Å². The number of carbonyl (C=O) groups is 4. The average molecular weight is 794 g/mol. The minimum absolute atomic E-state index is 0.0470. The number of rotatable bonds is 12. The van der Waals surface area contributed by atoms with Gasteiger partial charge in [-0.15, -0.1) is 0 Å². The van der Waals surface area contributed by atoms with Gasteiger partial charge in [-0.3, -0.25) is 29.4 Å². The van der Waals surface area contributed by atoms with Crippen LogP contribution in [0.5, 0.6) is 0 Å². The summed E-state index contributed by atoms with van der Waals surface area (Å²) in [6.07, 6.45) is 6.75. The topological polar surface area (TPSA) is 178 Å². The SMILES string of the molecule is Cc1cc(C(=O)NC2CCC(N(C)C)CC2)ccc1-c1ccc(C[C@H](NC(=O)[C@H]2CC[C@H](CNC(=O)OC(C)(C)C)CC2)C(=O)Nc2ccc3c(=O)[nH][nH]c3c2)cc1. The van der Waals surface area contributed by atoms with Gasteiger partial charge in [0.15, 0.2) is 0 Å². The molecule has 2 aliphatic carbocycles. The number of amides is 4. The molecule has 4 aromatic rings. The van der Waals surface area contributed by atoms with Gasteiger partial charge in [-0.05, 0) is 152 Å². The zero-order valence-electron chi connectivity index (χ0n) is 34.6. The zero-order valence-corrected chi connectivity index (χ0v) is 34.6. The molecule has 3 aromatic carbocycles. The maximum atomic E-state index is 13.9. The standard InChI is InChI=1S/C45H59N7O6/c1-27-23-32(41(54)47-33-16-19-35(20-17-33)52(5)6)15-21-36(27)30-11-7-28(8-12-30)24-39(43(56)48-34-18-22-37-38(25-34)50-51-42(37)55)49-40(53)31-13-9-29(10-14-31)26-46-44(57)58-45(2,3)4/h7-8,11-12,15,18,21-23,25,29,31,33,35,39H,9-10,13-14,16-17,19-20,24,26H2,1-6H3,(H,46,57)(H,47,54)(H,48,56)(H,49,53)(H2,50,51,55)/t29-,31-,33?,35?,39-/m0/s1. The van der Waals surface area contributed by atoms with E-state index in [-0.39, 0.29) is 47.6 Å². The van der Waals surface area contributed by atoms with E-state index in [1.165, 1.54) is 0 Å². The highest BCUT2D eigenvalue weighted by molar-refractivity contribution is 5.99. The van der Waals surface area contributed by atoms with Crippen LogP contribution in [0.1, 0.15) is 93.6 Å². The van der Waals surface area contributed by atoms with Crippen LogP contribution in [0.25, 0.3) is 22.0 Å². The van der Waals surface area contributed by atoms with E-state index in [1.54, 1.807) is 18.2 Å². The molecular formula is C45H59N7O6. The number of aryl methyl sites for hydroxylation is 1. The number of H-pyrrole nitrogens is 2. The van der Waals surface area contributed by atoms with Gasteiger partial charge < -0.3 is 30.9 Å². The Morgan fingerprint density at radius 2 is 1.57 bits per heavy atom. The number of nitrogens with zero attached hydrogens (tertiary/aromatic N) is 1. The van der Waals surface area contributed by atoms with Gasteiger partial charge in [-0.25, -0.2) is 4.79 Å². The molecule has 310 valence electrons. The smallest absolute Gasteiger partial charge is 0.407 e. The van der Waals surface area contributed by atoms with E-state index in [1.807, 2.05) is 70.2 Å². The molecule has 0 unspecified atom stereocenters. The molecule has 58 heavy (non-hydrogen) atoms. The van der Waals surface area contributed by atoms with E-state index in [9.17, 15) is 24.0 Å². The second-order valence-electron chi connectivity index (χ2n) is 17.4. The van der Waals surface area contributed by atoms with Crippen LogP contribution in [-0.2, 0) is 20.7 Å². The lowest BCUT2D eigenvalue weighted by Crippen LogP contribution is -2.48. The predicted molar refractivity (Wildman–Crippen MR) is 227 cm³/mol. The van der Waals surface area contributed by atoms with Crippen LogP contribution in [0.3, 0.4) is 0 Å². The van der Waals surface area contributed by atoms with Crippen LogP contribution in [0.2, 0.25) is 0 Å². The summed E-state index contributed by atoms with van der Waals surface area (Å²) in [5.74, 6) is -0.627. The Kier molecular flexibility index (Phi) is 13.4. The summed E-state index contributed by atoms with van der Waals surface area (Å²) in [5.41, 5.74) is 4.70. The van der Waals surface area contributed by atoms with E-state index in [0.29, 0.717) is 47.6 Å². The van der Waals surface area contributed by atoms with Crippen molar-refractivity contribution in [2.75, 3.05) is 26.0 Å². The fraction of sp³-hybridized carbons (Fsp3) is 0.489. The fourth-order valence-electron chi connectivity index (χ4n) is 8.20. The van der Waals surface area contributed by atoms with E-state index in [0.717, 1.165) is 60.8 Å². The molecule has 0 bridgehead atoms. The maximum Gasteiger partial charge on any atom is 0.407 e. The number of benzene rings is 3. The van der Waals surface area contributed by atoms with E-state index in [2.05, 4.69) is 50.5 Å². The Hall–Kier alpha value is -5.43. The average Bonchev–Trinajstić information content (AvgIpc) is 3.56. The summed E-state index contributed by atoms with van der Waals surface area (Å²) < 4.78 is 5.36. The van der Waals surface area contributed by atoms with Gasteiger partial charge in [-0.2, -0.15) is 0 Å². The highest BCUT2D eigenvalue weighted by Crippen LogP contribution is 2.30. The first-order chi connectivity index (χ1) is 27.6. The molecule has 0 spiro atoms. The fourth-order valence-corrected chi connectivity index (χ4v) is 8.20.